The van der Waals surface area contributed by atoms with Crippen molar-refractivity contribution in [3.63, 3.8) is 0 Å². The lowest BCUT2D eigenvalue weighted by Crippen LogP contribution is -2.35. The standard InChI is InChI=1S/C10H17N3O2S/c1-12-8-10(7-11-12)16(14,15)13(2)9-5-3-4-6-9/h7-9H,3-6H2,1-2H3. The Kier molecular flexibility index (Phi) is 3.03. The van der Waals surface area contributed by atoms with Gasteiger partial charge < -0.3 is 0 Å². The summed E-state index contributed by atoms with van der Waals surface area (Å²) in [5, 5.41) is 3.90. The van der Waals surface area contributed by atoms with Crippen LogP contribution >= 0.6 is 0 Å². The zero-order valence-corrected chi connectivity index (χ0v) is 10.4. The number of nitrogens with zero attached hydrogens (tertiary/aromatic N) is 3. The van der Waals surface area contributed by atoms with Gasteiger partial charge in [-0.2, -0.15) is 9.40 Å². The smallest absolute Gasteiger partial charge is 0.246 e. The highest BCUT2D eigenvalue weighted by Crippen LogP contribution is 2.26. The highest BCUT2D eigenvalue weighted by Gasteiger charge is 2.30. The summed E-state index contributed by atoms with van der Waals surface area (Å²) < 4.78 is 27.4. The van der Waals surface area contributed by atoms with Gasteiger partial charge in [-0.1, -0.05) is 12.8 Å². The summed E-state index contributed by atoms with van der Waals surface area (Å²) in [5.74, 6) is 0. The van der Waals surface area contributed by atoms with E-state index in [9.17, 15) is 8.42 Å². The van der Waals surface area contributed by atoms with Crippen molar-refractivity contribution in [1.29, 1.82) is 0 Å². The molecule has 0 atom stereocenters. The van der Waals surface area contributed by atoms with Gasteiger partial charge in [-0.3, -0.25) is 4.68 Å². The molecule has 0 aliphatic heterocycles. The van der Waals surface area contributed by atoms with Crippen LogP contribution in [0.5, 0.6) is 0 Å². The van der Waals surface area contributed by atoms with Gasteiger partial charge in [-0.05, 0) is 12.8 Å². The molecule has 0 aromatic carbocycles. The van der Waals surface area contributed by atoms with Gasteiger partial charge in [-0.25, -0.2) is 8.42 Å². The van der Waals surface area contributed by atoms with Gasteiger partial charge in [0.2, 0.25) is 10.0 Å². The van der Waals surface area contributed by atoms with Crippen molar-refractivity contribution in [2.45, 2.75) is 36.6 Å². The molecule has 1 aromatic heterocycles. The highest BCUT2D eigenvalue weighted by molar-refractivity contribution is 7.89. The van der Waals surface area contributed by atoms with Crippen LogP contribution in [0, 0.1) is 0 Å². The second kappa shape index (κ2) is 4.18. The van der Waals surface area contributed by atoms with E-state index in [4.69, 9.17) is 0 Å². The van der Waals surface area contributed by atoms with Crippen LogP contribution in [0.1, 0.15) is 25.7 Å². The maximum Gasteiger partial charge on any atom is 0.246 e. The molecule has 1 aliphatic rings. The molecule has 1 fully saturated rings. The van der Waals surface area contributed by atoms with Gasteiger partial charge in [-0.15, -0.1) is 0 Å². The first-order valence-corrected chi connectivity index (χ1v) is 6.92. The largest absolute Gasteiger partial charge is 0.274 e. The molecule has 0 radical (unpaired) electrons. The minimum Gasteiger partial charge on any atom is -0.274 e. The van der Waals surface area contributed by atoms with Crippen molar-refractivity contribution >= 4 is 10.0 Å². The van der Waals surface area contributed by atoms with E-state index >= 15 is 0 Å². The van der Waals surface area contributed by atoms with E-state index in [1.807, 2.05) is 0 Å². The number of hydrogen-bond acceptors (Lipinski definition) is 3. The van der Waals surface area contributed by atoms with E-state index in [2.05, 4.69) is 5.10 Å². The third kappa shape index (κ3) is 1.99. The molecule has 0 amide bonds. The number of aromatic nitrogens is 2. The molecule has 0 saturated heterocycles. The Morgan fingerprint density at radius 2 is 2.06 bits per heavy atom. The Labute approximate surface area is 96.1 Å². The summed E-state index contributed by atoms with van der Waals surface area (Å²) in [5.41, 5.74) is 0. The maximum absolute atomic E-state index is 12.2. The van der Waals surface area contributed by atoms with Crippen molar-refractivity contribution < 1.29 is 8.42 Å². The molecular formula is C10H17N3O2S. The number of sulfonamides is 1. The van der Waals surface area contributed by atoms with E-state index in [-0.39, 0.29) is 10.9 Å². The lowest BCUT2D eigenvalue weighted by molar-refractivity contribution is 0.373. The van der Waals surface area contributed by atoms with Gasteiger partial charge in [0, 0.05) is 26.3 Å². The van der Waals surface area contributed by atoms with Crippen LogP contribution in [0.25, 0.3) is 0 Å². The second-order valence-corrected chi connectivity index (χ2v) is 6.31. The fourth-order valence-electron chi connectivity index (χ4n) is 2.16. The average Bonchev–Trinajstić information content (AvgIpc) is 2.86. The minimum absolute atomic E-state index is 0.158. The summed E-state index contributed by atoms with van der Waals surface area (Å²) in [6.07, 6.45) is 7.13. The van der Waals surface area contributed by atoms with Crippen LogP contribution in [0.3, 0.4) is 0 Å². The normalized spacial score (nSPS) is 18.4. The Morgan fingerprint density at radius 3 is 2.56 bits per heavy atom. The third-order valence-electron chi connectivity index (χ3n) is 3.20. The molecule has 6 heteroatoms. The van der Waals surface area contributed by atoms with E-state index in [0.717, 1.165) is 25.7 Å². The van der Waals surface area contributed by atoms with E-state index < -0.39 is 10.0 Å². The second-order valence-electron chi connectivity index (χ2n) is 4.31. The number of rotatable bonds is 3. The molecule has 5 nitrogen and oxygen atoms in total. The molecular weight excluding hydrogens is 226 g/mol. The average molecular weight is 243 g/mol. The van der Waals surface area contributed by atoms with Crippen molar-refractivity contribution in [3.05, 3.63) is 12.4 Å². The highest BCUT2D eigenvalue weighted by atomic mass is 32.2. The minimum atomic E-state index is -3.35. The van der Waals surface area contributed by atoms with Crippen molar-refractivity contribution in [2.24, 2.45) is 7.05 Å². The Morgan fingerprint density at radius 1 is 1.44 bits per heavy atom. The first-order valence-electron chi connectivity index (χ1n) is 5.48. The third-order valence-corrected chi connectivity index (χ3v) is 5.06. The van der Waals surface area contributed by atoms with Crippen LogP contribution in [-0.2, 0) is 17.1 Å². The van der Waals surface area contributed by atoms with Crippen molar-refractivity contribution in [1.82, 2.24) is 14.1 Å². The fourth-order valence-corrected chi connectivity index (χ4v) is 3.56. The Hall–Kier alpha value is -0.880. The molecule has 1 aliphatic carbocycles. The predicted octanol–water partition coefficient (Wildman–Crippen LogP) is 0.983. The molecule has 90 valence electrons. The predicted molar refractivity (Wildman–Crippen MR) is 60.4 cm³/mol. The van der Waals surface area contributed by atoms with Gasteiger partial charge >= 0.3 is 0 Å². The van der Waals surface area contributed by atoms with Crippen LogP contribution in [0.15, 0.2) is 17.3 Å². The molecule has 0 unspecified atom stereocenters. The molecule has 1 heterocycles. The van der Waals surface area contributed by atoms with Crippen molar-refractivity contribution in [3.8, 4) is 0 Å². The van der Waals surface area contributed by atoms with Gasteiger partial charge in [0.05, 0.1) is 6.20 Å². The quantitative estimate of drug-likeness (QED) is 0.795. The van der Waals surface area contributed by atoms with Crippen LogP contribution in [0.2, 0.25) is 0 Å². The Bertz CT molecular complexity index is 460. The zero-order valence-electron chi connectivity index (χ0n) is 9.63. The molecule has 2 rings (SSSR count). The molecule has 0 spiro atoms. The first kappa shape index (κ1) is 11.6. The summed E-state index contributed by atoms with van der Waals surface area (Å²) in [6, 6.07) is 0.158. The van der Waals surface area contributed by atoms with Gasteiger partial charge in [0.15, 0.2) is 0 Å². The van der Waals surface area contributed by atoms with Gasteiger partial charge in [0.25, 0.3) is 0 Å². The van der Waals surface area contributed by atoms with Gasteiger partial charge in [0.1, 0.15) is 4.90 Å². The molecule has 1 aromatic rings. The lowest BCUT2D eigenvalue weighted by Gasteiger charge is -2.22. The summed E-state index contributed by atoms with van der Waals surface area (Å²) in [6.45, 7) is 0. The molecule has 1 saturated carbocycles. The fraction of sp³-hybridized carbons (Fsp3) is 0.700. The lowest BCUT2D eigenvalue weighted by atomic mass is 10.3. The van der Waals surface area contributed by atoms with E-state index in [1.165, 1.54) is 15.2 Å². The van der Waals surface area contributed by atoms with Crippen LogP contribution in [0.4, 0.5) is 0 Å². The molecule has 0 N–H and O–H groups in total. The van der Waals surface area contributed by atoms with Crippen LogP contribution < -0.4 is 0 Å². The Balaban J connectivity index is 2.24. The summed E-state index contributed by atoms with van der Waals surface area (Å²) in [7, 11) is 0.0303. The van der Waals surface area contributed by atoms with E-state index in [0.29, 0.717) is 0 Å². The SMILES string of the molecule is CN(C1CCCC1)S(=O)(=O)c1cnn(C)c1. The van der Waals surface area contributed by atoms with Crippen LogP contribution in [-0.4, -0.2) is 35.6 Å². The topological polar surface area (TPSA) is 55.2 Å². The van der Waals surface area contributed by atoms with E-state index in [1.54, 1.807) is 20.3 Å². The summed E-state index contributed by atoms with van der Waals surface area (Å²) >= 11 is 0. The van der Waals surface area contributed by atoms with Crippen molar-refractivity contribution in [2.75, 3.05) is 7.05 Å². The molecule has 16 heavy (non-hydrogen) atoms. The first-order chi connectivity index (χ1) is 7.51. The summed E-state index contributed by atoms with van der Waals surface area (Å²) in [4.78, 5) is 0.282. The zero-order chi connectivity index (χ0) is 11.8. The number of aryl methyl sites for hydroxylation is 1. The number of hydrogen-bond donors (Lipinski definition) is 0. The monoisotopic (exact) mass is 243 g/mol. The maximum atomic E-state index is 12.2. The molecule has 0 bridgehead atoms.